The predicted molar refractivity (Wildman–Crippen MR) is 49.9 cm³/mol. The molecule has 13 heavy (non-hydrogen) atoms. The zero-order chi connectivity index (χ0) is 9.26. The first kappa shape index (κ1) is 8.50. The SMILES string of the molecule is NCC1CCCC1n1ncc(N)n1. The third-order valence-corrected chi connectivity index (χ3v) is 2.74. The van der Waals surface area contributed by atoms with Crippen molar-refractivity contribution in [3.63, 3.8) is 0 Å². The second-order valence-corrected chi connectivity index (χ2v) is 3.58. The minimum atomic E-state index is 0.363. The summed E-state index contributed by atoms with van der Waals surface area (Å²) in [6, 6.07) is 0.363. The fourth-order valence-corrected chi connectivity index (χ4v) is 2.04. The molecule has 1 aromatic rings. The zero-order valence-electron chi connectivity index (χ0n) is 7.56. The maximum atomic E-state index is 5.67. The van der Waals surface area contributed by atoms with Gasteiger partial charge in [-0.1, -0.05) is 6.42 Å². The number of anilines is 1. The average molecular weight is 181 g/mol. The van der Waals surface area contributed by atoms with E-state index in [-0.39, 0.29) is 0 Å². The summed E-state index contributed by atoms with van der Waals surface area (Å²) in [7, 11) is 0. The van der Waals surface area contributed by atoms with E-state index in [1.165, 1.54) is 12.8 Å². The molecule has 1 heterocycles. The van der Waals surface area contributed by atoms with Crippen LogP contribution in [0.3, 0.4) is 0 Å². The van der Waals surface area contributed by atoms with Gasteiger partial charge in [-0.3, -0.25) is 0 Å². The van der Waals surface area contributed by atoms with Crippen LogP contribution >= 0.6 is 0 Å². The van der Waals surface area contributed by atoms with Crippen LogP contribution in [0.1, 0.15) is 25.3 Å². The van der Waals surface area contributed by atoms with Crippen LogP contribution in [0.15, 0.2) is 6.20 Å². The molecule has 1 aliphatic rings. The summed E-state index contributed by atoms with van der Waals surface area (Å²) in [5.74, 6) is 1.01. The van der Waals surface area contributed by atoms with Crippen molar-refractivity contribution in [2.45, 2.75) is 25.3 Å². The lowest BCUT2D eigenvalue weighted by atomic mass is 10.1. The van der Waals surface area contributed by atoms with Crippen molar-refractivity contribution in [1.29, 1.82) is 0 Å². The van der Waals surface area contributed by atoms with Crippen molar-refractivity contribution in [3.8, 4) is 0 Å². The van der Waals surface area contributed by atoms with Crippen LogP contribution in [0.2, 0.25) is 0 Å². The van der Waals surface area contributed by atoms with Gasteiger partial charge in [0.2, 0.25) is 0 Å². The maximum absolute atomic E-state index is 5.67. The lowest BCUT2D eigenvalue weighted by Gasteiger charge is -2.16. The number of aromatic nitrogens is 3. The minimum absolute atomic E-state index is 0.363. The highest BCUT2D eigenvalue weighted by Gasteiger charge is 2.28. The Hall–Kier alpha value is -1.10. The van der Waals surface area contributed by atoms with Gasteiger partial charge in [0.1, 0.15) is 0 Å². The highest BCUT2D eigenvalue weighted by atomic mass is 15.5. The number of hydrogen-bond acceptors (Lipinski definition) is 4. The van der Waals surface area contributed by atoms with Crippen LogP contribution in [0.25, 0.3) is 0 Å². The zero-order valence-corrected chi connectivity index (χ0v) is 7.56. The monoisotopic (exact) mass is 181 g/mol. The number of nitrogens with two attached hydrogens (primary N) is 2. The fourth-order valence-electron chi connectivity index (χ4n) is 2.04. The molecular formula is C8H15N5. The summed E-state index contributed by atoms with van der Waals surface area (Å²) in [5.41, 5.74) is 11.2. The Morgan fingerprint density at radius 3 is 3.00 bits per heavy atom. The molecule has 2 rings (SSSR count). The molecule has 0 spiro atoms. The van der Waals surface area contributed by atoms with Crippen molar-refractivity contribution in [3.05, 3.63) is 6.20 Å². The van der Waals surface area contributed by atoms with Crippen molar-refractivity contribution >= 4 is 5.82 Å². The Balaban J connectivity index is 2.15. The van der Waals surface area contributed by atoms with Gasteiger partial charge in [0.05, 0.1) is 12.2 Å². The summed E-state index contributed by atoms with van der Waals surface area (Å²) in [4.78, 5) is 1.72. The topological polar surface area (TPSA) is 82.8 Å². The lowest BCUT2D eigenvalue weighted by Crippen LogP contribution is -2.23. The van der Waals surface area contributed by atoms with Crippen molar-refractivity contribution < 1.29 is 0 Å². The van der Waals surface area contributed by atoms with Crippen LogP contribution in [0, 0.1) is 5.92 Å². The van der Waals surface area contributed by atoms with Gasteiger partial charge in [-0.25, -0.2) is 0 Å². The molecule has 1 fully saturated rings. The molecule has 2 unspecified atom stereocenters. The summed E-state index contributed by atoms with van der Waals surface area (Å²) < 4.78 is 0. The van der Waals surface area contributed by atoms with E-state index in [0.717, 1.165) is 6.42 Å². The van der Waals surface area contributed by atoms with Gasteiger partial charge >= 0.3 is 0 Å². The first-order valence-corrected chi connectivity index (χ1v) is 4.68. The standard InChI is InChI=1S/C8H15N5/c9-4-6-2-1-3-7(6)13-11-5-8(10)12-13/h5-7H,1-4,9H2,(H2,10,12). The Morgan fingerprint density at radius 1 is 1.54 bits per heavy atom. The molecule has 5 heteroatoms. The van der Waals surface area contributed by atoms with Gasteiger partial charge < -0.3 is 11.5 Å². The van der Waals surface area contributed by atoms with Gasteiger partial charge in [0, 0.05) is 0 Å². The van der Waals surface area contributed by atoms with E-state index in [2.05, 4.69) is 10.2 Å². The molecule has 0 bridgehead atoms. The van der Waals surface area contributed by atoms with Crippen molar-refractivity contribution in [2.24, 2.45) is 11.7 Å². The molecule has 2 atom stereocenters. The van der Waals surface area contributed by atoms with Crippen LogP contribution in [0.5, 0.6) is 0 Å². The van der Waals surface area contributed by atoms with Crippen LogP contribution in [-0.4, -0.2) is 21.5 Å². The Bertz CT molecular complexity index is 282. The van der Waals surface area contributed by atoms with Crippen molar-refractivity contribution in [1.82, 2.24) is 15.0 Å². The number of nitrogens with zero attached hydrogens (tertiary/aromatic N) is 3. The van der Waals surface area contributed by atoms with Crippen LogP contribution in [0.4, 0.5) is 5.82 Å². The smallest absolute Gasteiger partial charge is 0.165 e. The van der Waals surface area contributed by atoms with E-state index in [1.807, 2.05) is 0 Å². The molecular weight excluding hydrogens is 166 g/mol. The van der Waals surface area contributed by atoms with E-state index >= 15 is 0 Å². The third kappa shape index (κ3) is 1.51. The molecule has 1 aromatic heterocycles. The van der Waals surface area contributed by atoms with Crippen LogP contribution < -0.4 is 11.5 Å². The van der Waals surface area contributed by atoms with Gasteiger partial charge in [-0.2, -0.15) is 9.90 Å². The Labute approximate surface area is 77.1 Å². The van der Waals surface area contributed by atoms with E-state index in [0.29, 0.717) is 24.3 Å². The molecule has 0 radical (unpaired) electrons. The highest BCUT2D eigenvalue weighted by Crippen LogP contribution is 2.33. The number of hydrogen-bond donors (Lipinski definition) is 2. The van der Waals surface area contributed by atoms with Gasteiger partial charge in [-0.15, -0.1) is 5.10 Å². The Morgan fingerprint density at radius 2 is 2.38 bits per heavy atom. The van der Waals surface area contributed by atoms with Gasteiger partial charge in [-0.05, 0) is 25.3 Å². The second kappa shape index (κ2) is 3.33. The quantitative estimate of drug-likeness (QED) is 0.680. The van der Waals surface area contributed by atoms with Crippen LogP contribution in [-0.2, 0) is 0 Å². The minimum Gasteiger partial charge on any atom is -0.381 e. The lowest BCUT2D eigenvalue weighted by molar-refractivity contribution is 0.325. The molecule has 4 N–H and O–H groups in total. The first-order chi connectivity index (χ1) is 6.31. The normalized spacial score (nSPS) is 28.1. The molecule has 0 amide bonds. The van der Waals surface area contributed by atoms with Crippen molar-refractivity contribution in [2.75, 3.05) is 12.3 Å². The summed E-state index contributed by atoms with van der Waals surface area (Å²) in [5, 5.41) is 8.24. The molecule has 72 valence electrons. The summed E-state index contributed by atoms with van der Waals surface area (Å²) in [6.45, 7) is 0.714. The van der Waals surface area contributed by atoms with Gasteiger partial charge in [0.25, 0.3) is 0 Å². The molecule has 5 nitrogen and oxygen atoms in total. The van der Waals surface area contributed by atoms with E-state index in [4.69, 9.17) is 11.5 Å². The molecule has 1 aliphatic carbocycles. The average Bonchev–Trinajstić information content (AvgIpc) is 2.71. The van der Waals surface area contributed by atoms with E-state index < -0.39 is 0 Å². The number of nitrogen functional groups attached to an aromatic ring is 1. The third-order valence-electron chi connectivity index (χ3n) is 2.74. The number of rotatable bonds is 2. The largest absolute Gasteiger partial charge is 0.381 e. The van der Waals surface area contributed by atoms with E-state index in [9.17, 15) is 0 Å². The Kier molecular flexibility index (Phi) is 2.18. The predicted octanol–water partition coefficient (Wildman–Crippen LogP) is 0.160. The molecule has 0 aliphatic heterocycles. The summed E-state index contributed by atoms with van der Waals surface area (Å²) in [6.07, 6.45) is 5.11. The van der Waals surface area contributed by atoms with E-state index in [1.54, 1.807) is 11.0 Å². The van der Waals surface area contributed by atoms with Gasteiger partial charge in [0.15, 0.2) is 5.82 Å². The molecule has 0 saturated heterocycles. The summed E-state index contributed by atoms with van der Waals surface area (Å²) >= 11 is 0. The molecule has 1 saturated carbocycles. The second-order valence-electron chi connectivity index (χ2n) is 3.58. The fraction of sp³-hybridized carbons (Fsp3) is 0.750. The maximum Gasteiger partial charge on any atom is 0.165 e. The first-order valence-electron chi connectivity index (χ1n) is 4.68. The highest BCUT2D eigenvalue weighted by molar-refractivity contribution is 5.19. The molecule has 0 aromatic carbocycles.